The smallest absolute Gasteiger partial charge is 0.312 e. The van der Waals surface area contributed by atoms with E-state index in [-0.39, 0.29) is 24.3 Å². The lowest BCUT2D eigenvalue weighted by Crippen LogP contribution is -2.45. The van der Waals surface area contributed by atoms with Crippen LogP contribution in [0.3, 0.4) is 0 Å². The van der Waals surface area contributed by atoms with E-state index in [0.717, 1.165) is 52.0 Å². The lowest BCUT2D eigenvalue weighted by molar-refractivity contribution is -0.143. The van der Waals surface area contributed by atoms with E-state index in [1.165, 1.54) is 0 Å². The molecule has 3 aromatic rings. The Morgan fingerprint density at radius 3 is 2.63 bits per heavy atom. The van der Waals surface area contributed by atoms with Crippen LogP contribution < -0.4 is 0 Å². The van der Waals surface area contributed by atoms with Crippen LogP contribution in [0.25, 0.3) is 10.2 Å². The maximum absolute atomic E-state index is 13.6. The quantitative estimate of drug-likeness (QED) is 0.662. The second kappa shape index (κ2) is 7.84. The maximum Gasteiger partial charge on any atom is 0.312 e. The Kier molecular flexibility index (Phi) is 5.03. The maximum atomic E-state index is 13.6. The zero-order valence-electron chi connectivity index (χ0n) is 16.7. The molecule has 1 aromatic heterocycles. The number of carbonyl (C=O) groups excluding carboxylic acids is 1. The van der Waals surface area contributed by atoms with Crippen LogP contribution in [0.1, 0.15) is 53.7 Å². The third kappa shape index (κ3) is 3.39. The third-order valence-corrected chi connectivity index (χ3v) is 7.68. The number of thiazole rings is 1. The van der Waals surface area contributed by atoms with Crippen molar-refractivity contribution >= 4 is 33.4 Å². The normalized spacial score (nSPS) is 23.9. The summed E-state index contributed by atoms with van der Waals surface area (Å²) in [6, 6.07) is 15.7. The van der Waals surface area contributed by atoms with Gasteiger partial charge in [0.1, 0.15) is 0 Å². The van der Waals surface area contributed by atoms with Gasteiger partial charge in [0.05, 0.1) is 21.1 Å². The van der Waals surface area contributed by atoms with E-state index < -0.39 is 11.9 Å². The minimum absolute atomic E-state index is 0.0831. The Bertz CT molecular complexity index is 1080. The number of para-hydroxylation sites is 1. The van der Waals surface area contributed by atoms with E-state index in [4.69, 9.17) is 4.98 Å². The minimum atomic E-state index is -0.869. The van der Waals surface area contributed by atoms with Crippen molar-refractivity contribution in [3.8, 4) is 0 Å². The van der Waals surface area contributed by atoms with Gasteiger partial charge in [-0.25, -0.2) is 4.98 Å². The summed E-state index contributed by atoms with van der Waals surface area (Å²) in [6.45, 7) is 0.732. The first-order valence-corrected chi connectivity index (χ1v) is 11.4. The lowest BCUT2D eigenvalue weighted by atomic mass is 9.78. The van der Waals surface area contributed by atoms with Gasteiger partial charge in [-0.05, 0) is 36.1 Å². The summed E-state index contributed by atoms with van der Waals surface area (Å²) in [5.74, 6) is -1.46. The number of hydrogen-bond acceptors (Lipinski definition) is 4. The van der Waals surface area contributed by atoms with Crippen molar-refractivity contribution in [3.05, 3.63) is 64.7 Å². The largest absolute Gasteiger partial charge is 0.481 e. The van der Waals surface area contributed by atoms with Gasteiger partial charge in [0.2, 0.25) is 5.91 Å². The molecule has 1 fully saturated rings. The summed E-state index contributed by atoms with van der Waals surface area (Å²) in [6.07, 6.45) is 3.94. The zero-order chi connectivity index (χ0) is 20.7. The Labute approximate surface area is 179 Å². The van der Waals surface area contributed by atoms with Gasteiger partial charge in [0, 0.05) is 24.9 Å². The number of aromatic nitrogens is 1. The second-order valence-corrected chi connectivity index (χ2v) is 9.39. The lowest BCUT2D eigenvalue weighted by Gasteiger charge is -2.38. The molecular formula is C24H24N2O3S. The molecular weight excluding hydrogens is 396 g/mol. The number of aliphatic carboxylic acids is 1. The van der Waals surface area contributed by atoms with Crippen LogP contribution in [0.4, 0.5) is 0 Å². The summed E-state index contributed by atoms with van der Waals surface area (Å²) in [7, 11) is 0. The number of carboxylic acid groups (broad SMARTS) is 1. The first-order chi connectivity index (χ1) is 14.6. The van der Waals surface area contributed by atoms with Gasteiger partial charge >= 0.3 is 5.97 Å². The topological polar surface area (TPSA) is 70.5 Å². The highest BCUT2D eigenvalue weighted by atomic mass is 32.1. The molecule has 5 rings (SSSR count). The predicted molar refractivity (Wildman–Crippen MR) is 117 cm³/mol. The summed E-state index contributed by atoms with van der Waals surface area (Å²) in [5.41, 5.74) is 2.77. The highest BCUT2D eigenvalue weighted by Gasteiger charge is 2.39. The van der Waals surface area contributed by atoms with Crippen LogP contribution in [-0.2, 0) is 16.1 Å². The van der Waals surface area contributed by atoms with Gasteiger partial charge in [-0.3, -0.25) is 9.59 Å². The Morgan fingerprint density at radius 2 is 1.80 bits per heavy atom. The molecule has 0 radical (unpaired) electrons. The van der Waals surface area contributed by atoms with Crippen molar-refractivity contribution in [1.29, 1.82) is 0 Å². The molecule has 6 heteroatoms. The monoisotopic (exact) mass is 420 g/mol. The van der Waals surface area contributed by atoms with Gasteiger partial charge in [-0.2, -0.15) is 0 Å². The average molecular weight is 421 g/mol. The molecule has 1 amide bonds. The molecule has 0 bridgehead atoms. The number of carbonyl (C=O) groups is 2. The molecule has 1 saturated carbocycles. The van der Waals surface area contributed by atoms with Crippen LogP contribution in [-0.4, -0.2) is 33.4 Å². The number of fused-ring (bicyclic) bond motifs is 2. The first-order valence-electron chi connectivity index (χ1n) is 10.6. The van der Waals surface area contributed by atoms with E-state index >= 15 is 0 Å². The van der Waals surface area contributed by atoms with Crippen LogP contribution in [0.15, 0.2) is 48.5 Å². The zero-order valence-corrected chi connectivity index (χ0v) is 17.5. The molecule has 1 aliphatic carbocycles. The molecule has 154 valence electrons. The van der Waals surface area contributed by atoms with Gasteiger partial charge in [-0.15, -0.1) is 11.3 Å². The fourth-order valence-electron chi connectivity index (χ4n) is 4.99. The van der Waals surface area contributed by atoms with Crippen molar-refractivity contribution < 1.29 is 14.7 Å². The molecule has 5 nitrogen and oxygen atoms in total. The number of hydrogen-bond donors (Lipinski definition) is 1. The molecule has 2 aromatic carbocycles. The second-order valence-electron chi connectivity index (χ2n) is 8.33. The highest BCUT2D eigenvalue weighted by molar-refractivity contribution is 7.18. The predicted octanol–water partition coefficient (Wildman–Crippen LogP) is 4.78. The minimum Gasteiger partial charge on any atom is -0.481 e. The average Bonchev–Trinajstić information content (AvgIpc) is 3.22. The molecule has 1 aliphatic heterocycles. The number of rotatable bonds is 3. The van der Waals surface area contributed by atoms with Gasteiger partial charge in [0.25, 0.3) is 0 Å². The van der Waals surface area contributed by atoms with Gasteiger partial charge < -0.3 is 10.0 Å². The summed E-state index contributed by atoms with van der Waals surface area (Å²) >= 11 is 1.69. The number of benzene rings is 2. The molecule has 0 saturated heterocycles. The fraction of sp³-hybridized carbons (Fsp3) is 0.375. The molecule has 2 aliphatic rings. The van der Waals surface area contributed by atoms with E-state index in [0.29, 0.717) is 6.54 Å². The first kappa shape index (κ1) is 19.2. The van der Waals surface area contributed by atoms with Crippen LogP contribution in [0, 0.1) is 5.92 Å². The molecule has 2 heterocycles. The van der Waals surface area contributed by atoms with E-state index in [2.05, 4.69) is 6.07 Å². The van der Waals surface area contributed by atoms with Crippen LogP contribution >= 0.6 is 11.3 Å². The fourth-order valence-corrected chi connectivity index (χ4v) is 6.16. The molecule has 0 spiro atoms. The van der Waals surface area contributed by atoms with Crippen molar-refractivity contribution in [1.82, 2.24) is 9.88 Å². The van der Waals surface area contributed by atoms with Crippen molar-refractivity contribution in [2.75, 3.05) is 6.54 Å². The SMILES string of the molecule is O=C(O)C1CN(C(=O)C2CCCCC2c2nc3ccccc3s2)Cc2ccccc21. The van der Waals surface area contributed by atoms with Crippen molar-refractivity contribution in [2.24, 2.45) is 5.92 Å². The Hall–Kier alpha value is -2.73. The third-order valence-electron chi connectivity index (χ3n) is 6.52. The number of amides is 1. The van der Waals surface area contributed by atoms with E-state index in [1.54, 1.807) is 16.2 Å². The summed E-state index contributed by atoms with van der Waals surface area (Å²) in [4.78, 5) is 32.2. The molecule has 1 N–H and O–H groups in total. The van der Waals surface area contributed by atoms with Crippen molar-refractivity contribution in [2.45, 2.75) is 44.1 Å². The molecule has 3 atom stereocenters. The summed E-state index contributed by atoms with van der Waals surface area (Å²) in [5, 5.41) is 10.8. The Balaban J connectivity index is 1.44. The van der Waals surface area contributed by atoms with Gasteiger partial charge in [-0.1, -0.05) is 49.2 Å². The summed E-state index contributed by atoms with van der Waals surface area (Å²) < 4.78 is 1.15. The number of carboxylic acids is 1. The van der Waals surface area contributed by atoms with Crippen LogP contribution in [0.5, 0.6) is 0 Å². The standard InChI is InChI=1S/C24H24N2O3S/c27-23(26-13-15-7-1-2-8-16(15)19(14-26)24(28)29)18-10-4-3-9-17(18)22-25-20-11-5-6-12-21(20)30-22/h1-2,5-8,11-12,17-19H,3-4,9-10,13-14H2,(H,28,29). The molecule has 3 unspecified atom stereocenters. The molecule has 30 heavy (non-hydrogen) atoms. The van der Waals surface area contributed by atoms with E-state index in [1.807, 2.05) is 42.5 Å². The van der Waals surface area contributed by atoms with Gasteiger partial charge in [0.15, 0.2) is 0 Å². The van der Waals surface area contributed by atoms with E-state index in [9.17, 15) is 14.7 Å². The Morgan fingerprint density at radius 1 is 1.03 bits per heavy atom. The van der Waals surface area contributed by atoms with Crippen molar-refractivity contribution in [3.63, 3.8) is 0 Å². The highest BCUT2D eigenvalue weighted by Crippen LogP contribution is 2.42. The van der Waals surface area contributed by atoms with Crippen LogP contribution in [0.2, 0.25) is 0 Å². The number of nitrogens with zero attached hydrogens (tertiary/aromatic N) is 2.